The molecule has 0 radical (unpaired) electrons. The second-order valence-electron chi connectivity index (χ2n) is 8.34. The Balaban J connectivity index is 0.00000400. The molecule has 0 saturated heterocycles. The molecule has 1 aromatic heterocycles. The van der Waals surface area contributed by atoms with E-state index in [9.17, 15) is 4.79 Å². The SMILES string of the molecule is CCOc1ccc(Nc2nc(C)c(NC(=O)c3ccc(C)cc3)c(Nc3ccc(OCC)cc3)n2)cc1.Cl. The number of hydrogen-bond acceptors (Lipinski definition) is 7. The standard InChI is InChI=1S/C29H31N5O3.ClH/c1-5-36-24-15-11-22(12-16-24)31-27-26(33-28(35)21-9-7-19(3)8-10-21)20(4)30-29(34-27)32-23-13-17-25(18-14-23)37-6-2;/h7-18H,5-6H2,1-4H3,(H,33,35)(H2,30,31,32,34);1H. The van der Waals surface area contributed by atoms with Crippen molar-refractivity contribution in [3.05, 3.63) is 89.6 Å². The average Bonchev–Trinajstić information content (AvgIpc) is 2.89. The maximum absolute atomic E-state index is 13.0. The first-order valence-electron chi connectivity index (χ1n) is 12.2. The topological polar surface area (TPSA) is 97.4 Å². The van der Waals surface area contributed by atoms with Gasteiger partial charge >= 0.3 is 0 Å². The monoisotopic (exact) mass is 533 g/mol. The van der Waals surface area contributed by atoms with Crippen LogP contribution in [0.5, 0.6) is 11.5 Å². The van der Waals surface area contributed by atoms with Crippen LogP contribution in [-0.2, 0) is 0 Å². The van der Waals surface area contributed by atoms with Gasteiger partial charge in [-0.15, -0.1) is 12.4 Å². The van der Waals surface area contributed by atoms with Gasteiger partial charge in [0.25, 0.3) is 5.91 Å². The summed E-state index contributed by atoms with van der Waals surface area (Å²) in [4.78, 5) is 22.3. The summed E-state index contributed by atoms with van der Waals surface area (Å²) in [6.07, 6.45) is 0. The molecule has 0 saturated carbocycles. The minimum atomic E-state index is -0.242. The molecular formula is C29H32ClN5O3. The Bertz CT molecular complexity index is 1340. The Kier molecular flexibility index (Phi) is 9.90. The molecule has 198 valence electrons. The lowest BCUT2D eigenvalue weighted by Gasteiger charge is -2.17. The predicted octanol–water partition coefficient (Wildman–Crippen LogP) is 7.05. The molecule has 0 aliphatic carbocycles. The minimum Gasteiger partial charge on any atom is -0.494 e. The van der Waals surface area contributed by atoms with Crippen LogP contribution in [0.3, 0.4) is 0 Å². The Hall–Kier alpha value is -4.30. The van der Waals surface area contributed by atoms with Gasteiger partial charge in [-0.3, -0.25) is 4.79 Å². The molecule has 0 spiro atoms. The van der Waals surface area contributed by atoms with E-state index in [-0.39, 0.29) is 18.3 Å². The van der Waals surface area contributed by atoms with Gasteiger partial charge in [0.05, 0.1) is 18.9 Å². The third kappa shape index (κ3) is 7.36. The normalized spacial score (nSPS) is 10.2. The van der Waals surface area contributed by atoms with Gasteiger partial charge in [-0.25, -0.2) is 4.98 Å². The van der Waals surface area contributed by atoms with Crippen LogP contribution < -0.4 is 25.4 Å². The average molecular weight is 534 g/mol. The first-order valence-corrected chi connectivity index (χ1v) is 12.2. The number of aromatic nitrogens is 2. The number of anilines is 5. The van der Waals surface area contributed by atoms with Crippen LogP contribution in [0.2, 0.25) is 0 Å². The zero-order valence-corrected chi connectivity index (χ0v) is 22.7. The number of ether oxygens (including phenoxy) is 2. The highest BCUT2D eigenvalue weighted by molar-refractivity contribution is 6.06. The fourth-order valence-electron chi connectivity index (χ4n) is 3.63. The Morgan fingerprint density at radius 1 is 0.737 bits per heavy atom. The first-order chi connectivity index (χ1) is 17.9. The molecule has 0 atom stereocenters. The summed E-state index contributed by atoms with van der Waals surface area (Å²) in [6.45, 7) is 8.89. The van der Waals surface area contributed by atoms with E-state index in [0.717, 1.165) is 28.4 Å². The van der Waals surface area contributed by atoms with Gasteiger partial charge in [0, 0.05) is 16.9 Å². The first kappa shape index (κ1) is 28.3. The van der Waals surface area contributed by atoms with Gasteiger partial charge in [0.15, 0.2) is 5.82 Å². The molecule has 1 amide bonds. The number of carbonyl (C=O) groups is 1. The maximum atomic E-state index is 13.0. The third-order valence-corrected chi connectivity index (χ3v) is 5.49. The molecule has 0 aliphatic heterocycles. The van der Waals surface area contributed by atoms with E-state index >= 15 is 0 Å². The van der Waals surface area contributed by atoms with E-state index in [0.29, 0.717) is 41.9 Å². The molecule has 3 N–H and O–H groups in total. The lowest BCUT2D eigenvalue weighted by molar-refractivity contribution is 0.102. The largest absolute Gasteiger partial charge is 0.494 e. The van der Waals surface area contributed by atoms with E-state index < -0.39 is 0 Å². The molecule has 9 heteroatoms. The highest BCUT2D eigenvalue weighted by Crippen LogP contribution is 2.30. The van der Waals surface area contributed by atoms with Crippen LogP contribution in [0.25, 0.3) is 0 Å². The zero-order chi connectivity index (χ0) is 26.2. The minimum absolute atomic E-state index is 0. The number of benzene rings is 3. The second kappa shape index (κ2) is 13.3. The summed E-state index contributed by atoms with van der Waals surface area (Å²) in [5.41, 5.74) is 4.34. The summed E-state index contributed by atoms with van der Waals surface area (Å²) < 4.78 is 11.1. The summed E-state index contributed by atoms with van der Waals surface area (Å²) in [5, 5.41) is 9.54. The van der Waals surface area contributed by atoms with Crippen molar-refractivity contribution in [2.45, 2.75) is 27.7 Å². The van der Waals surface area contributed by atoms with Crippen molar-refractivity contribution in [2.75, 3.05) is 29.2 Å². The second-order valence-corrected chi connectivity index (χ2v) is 8.34. The number of aryl methyl sites for hydroxylation is 2. The van der Waals surface area contributed by atoms with Crippen LogP contribution in [-0.4, -0.2) is 29.1 Å². The summed E-state index contributed by atoms with van der Waals surface area (Å²) in [7, 11) is 0. The molecular weight excluding hydrogens is 502 g/mol. The molecule has 0 unspecified atom stereocenters. The summed E-state index contributed by atoms with van der Waals surface area (Å²) >= 11 is 0. The van der Waals surface area contributed by atoms with Gasteiger partial charge in [-0.1, -0.05) is 17.7 Å². The Morgan fingerprint density at radius 3 is 1.79 bits per heavy atom. The molecule has 0 aliphatic rings. The van der Waals surface area contributed by atoms with Crippen molar-refractivity contribution >= 4 is 47.1 Å². The Labute approximate surface area is 229 Å². The van der Waals surface area contributed by atoms with Crippen LogP contribution in [0.4, 0.5) is 28.8 Å². The van der Waals surface area contributed by atoms with Crippen molar-refractivity contribution in [1.29, 1.82) is 0 Å². The van der Waals surface area contributed by atoms with Crippen molar-refractivity contribution in [3.8, 4) is 11.5 Å². The number of nitrogens with one attached hydrogen (secondary N) is 3. The molecule has 8 nitrogen and oxygen atoms in total. The van der Waals surface area contributed by atoms with Crippen molar-refractivity contribution in [2.24, 2.45) is 0 Å². The quantitative estimate of drug-likeness (QED) is 0.201. The number of hydrogen-bond donors (Lipinski definition) is 3. The van der Waals surface area contributed by atoms with Crippen molar-refractivity contribution in [1.82, 2.24) is 9.97 Å². The van der Waals surface area contributed by atoms with Crippen LogP contribution in [0, 0.1) is 13.8 Å². The van der Waals surface area contributed by atoms with Gasteiger partial charge in [0.2, 0.25) is 5.95 Å². The van der Waals surface area contributed by atoms with E-state index in [1.807, 2.05) is 88.4 Å². The number of rotatable bonds is 10. The molecule has 0 fully saturated rings. The highest BCUT2D eigenvalue weighted by Gasteiger charge is 2.16. The molecule has 38 heavy (non-hydrogen) atoms. The fourth-order valence-corrected chi connectivity index (χ4v) is 3.63. The van der Waals surface area contributed by atoms with Gasteiger partial charge in [-0.2, -0.15) is 4.98 Å². The third-order valence-electron chi connectivity index (χ3n) is 5.49. The molecule has 3 aromatic carbocycles. The van der Waals surface area contributed by atoms with E-state index in [1.54, 1.807) is 12.1 Å². The maximum Gasteiger partial charge on any atom is 0.255 e. The molecule has 0 bridgehead atoms. The highest BCUT2D eigenvalue weighted by atomic mass is 35.5. The van der Waals surface area contributed by atoms with E-state index in [1.165, 1.54) is 0 Å². The van der Waals surface area contributed by atoms with Crippen molar-refractivity contribution < 1.29 is 14.3 Å². The number of amides is 1. The van der Waals surface area contributed by atoms with Crippen LogP contribution in [0.1, 0.15) is 35.5 Å². The van der Waals surface area contributed by atoms with Gasteiger partial charge < -0.3 is 25.4 Å². The number of halogens is 1. The van der Waals surface area contributed by atoms with Crippen LogP contribution >= 0.6 is 12.4 Å². The number of carbonyl (C=O) groups excluding carboxylic acids is 1. The molecule has 1 heterocycles. The van der Waals surface area contributed by atoms with E-state index in [2.05, 4.69) is 20.9 Å². The zero-order valence-electron chi connectivity index (χ0n) is 21.9. The summed E-state index contributed by atoms with van der Waals surface area (Å²) in [6, 6.07) is 22.5. The van der Waals surface area contributed by atoms with Gasteiger partial charge in [-0.05, 0) is 88.4 Å². The van der Waals surface area contributed by atoms with Crippen molar-refractivity contribution in [3.63, 3.8) is 0 Å². The lowest BCUT2D eigenvalue weighted by atomic mass is 10.1. The van der Waals surface area contributed by atoms with Crippen LogP contribution in [0.15, 0.2) is 72.8 Å². The van der Waals surface area contributed by atoms with E-state index in [4.69, 9.17) is 14.5 Å². The Morgan fingerprint density at radius 2 is 1.26 bits per heavy atom. The fraction of sp³-hybridized carbons (Fsp3) is 0.207. The smallest absolute Gasteiger partial charge is 0.255 e. The number of nitrogens with zero attached hydrogens (tertiary/aromatic N) is 2. The molecule has 4 rings (SSSR count). The molecule has 4 aromatic rings. The van der Waals surface area contributed by atoms with Gasteiger partial charge in [0.1, 0.15) is 17.2 Å². The predicted molar refractivity (Wildman–Crippen MR) is 155 cm³/mol. The summed E-state index contributed by atoms with van der Waals surface area (Å²) in [5.74, 6) is 2.18. The lowest BCUT2D eigenvalue weighted by Crippen LogP contribution is -2.16.